The minimum atomic E-state index is -0.420. The van der Waals surface area contributed by atoms with Crippen LogP contribution in [0, 0.1) is 0 Å². The maximum Gasteiger partial charge on any atom is 0.224 e. The Kier molecular flexibility index (Phi) is 11.2. The molecule has 0 saturated heterocycles. The molecule has 0 heterocycles. The molecular formula is C32H42N2O6+2. The van der Waals surface area contributed by atoms with Crippen LogP contribution in [0.15, 0.2) is 60.7 Å². The zero-order chi connectivity index (χ0) is 30.0. The summed E-state index contributed by atoms with van der Waals surface area (Å²) in [4.78, 5) is 0. The molecule has 0 aliphatic rings. The highest BCUT2D eigenvalue weighted by atomic mass is 16.5. The number of benzene rings is 4. The number of rotatable bonds is 5. The van der Waals surface area contributed by atoms with Gasteiger partial charge in [0.15, 0.2) is 6.54 Å². The van der Waals surface area contributed by atoms with Crippen molar-refractivity contribution < 1.29 is 39.6 Å². The van der Waals surface area contributed by atoms with Crippen LogP contribution in [-0.2, 0) is 0 Å². The van der Waals surface area contributed by atoms with Gasteiger partial charge in [-0.15, -0.1) is 0 Å². The Bertz CT molecular complexity index is 1500. The number of phenolic OH excluding ortho intramolecular Hbond substituents is 2. The normalized spacial score (nSPS) is 11.8. The summed E-state index contributed by atoms with van der Waals surface area (Å²) >= 11 is 0. The Morgan fingerprint density at radius 1 is 0.700 bits per heavy atom. The largest absolute Gasteiger partial charge is 0.507 e. The van der Waals surface area contributed by atoms with Crippen molar-refractivity contribution in [2.75, 3.05) is 20.8 Å². The van der Waals surface area contributed by atoms with Crippen molar-refractivity contribution in [2.45, 2.75) is 47.1 Å². The molecule has 0 aliphatic heterocycles. The summed E-state index contributed by atoms with van der Waals surface area (Å²) in [7, 11) is 3.18. The molecule has 4 N–H and O–H groups in total. The molecule has 0 saturated carbocycles. The van der Waals surface area contributed by atoms with Crippen LogP contribution >= 0.6 is 0 Å². The van der Waals surface area contributed by atoms with Gasteiger partial charge in [-0.05, 0) is 52.8 Å². The van der Waals surface area contributed by atoms with Gasteiger partial charge in [-0.2, -0.15) is 0 Å². The van der Waals surface area contributed by atoms with Gasteiger partial charge in [0, 0.05) is 42.3 Å². The maximum atomic E-state index is 10.1. The summed E-state index contributed by atoms with van der Waals surface area (Å²) < 4.78 is 12.8. The van der Waals surface area contributed by atoms with Crippen LogP contribution in [0.1, 0.15) is 52.7 Å². The number of aromatic hydroxyl groups is 2. The Hall–Kier alpha value is -4.46. The fraction of sp³-hybridized carbons (Fsp3) is 0.312. The smallest absolute Gasteiger partial charge is 0.224 e. The highest BCUT2D eigenvalue weighted by Gasteiger charge is 2.25. The van der Waals surface area contributed by atoms with Gasteiger partial charge in [-0.3, -0.25) is 10.4 Å². The first kappa shape index (κ1) is 31.8. The molecular weight excluding hydrogens is 508 g/mol. The van der Waals surface area contributed by atoms with E-state index in [0.717, 1.165) is 31.4 Å². The third-order valence-electron chi connectivity index (χ3n) is 6.02. The minimum Gasteiger partial charge on any atom is -0.507 e. The number of hydrogen-bond donors (Lipinski definition) is 4. The second kappa shape index (κ2) is 14.1. The van der Waals surface area contributed by atoms with Crippen LogP contribution in [0.25, 0.3) is 21.5 Å². The fourth-order valence-electron chi connectivity index (χ4n) is 3.92. The third-order valence-corrected chi connectivity index (χ3v) is 6.02. The summed E-state index contributed by atoms with van der Waals surface area (Å²) in [6.07, 6.45) is 3.20. The molecule has 40 heavy (non-hydrogen) atoms. The lowest BCUT2D eigenvalue weighted by Gasteiger charge is -2.11. The summed E-state index contributed by atoms with van der Waals surface area (Å²) in [5.74, 6) is 1.71. The van der Waals surface area contributed by atoms with E-state index in [9.17, 15) is 20.6 Å². The maximum absolute atomic E-state index is 10.1. The molecule has 0 unspecified atom stereocenters. The van der Waals surface area contributed by atoms with Gasteiger partial charge in [-0.1, -0.05) is 38.1 Å². The first-order valence-corrected chi connectivity index (χ1v) is 13.2. The van der Waals surface area contributed by atoms with E-state index in [1.54, 1.807) is 57.0 Å². The first-order valence-electron chi connectivity index (χ1n) is 13.2. The predicted molar refractivity (Wildman–Crippen MR) is 160 cm³/mol. The fourth-order valence-corrected chi connectivity index (χ4v) is 3.92. The molecule has 0 aromatic heterocycles. The van der Waals surface area contributed by atoms with Gasteiger partial charge in [0.1, 0.15) is 23.0 Å². The second-order valence-electron chi connectivity index (χ2n) is 9.64. The molecule has 8 nitrogen and oxygen atoms in total. The molecule has 0 bridgehead atoms. The molecule has 0 aliphatic carbocycles. The Morgan fingerprint density at radius 3 is 1.50 bits per heavy atom. The summed E-state index contributed by atoms with van der Waals surface area (Å²) in [5, 5.41) is 42.7. The second-order valence-corrected chi connectivity index (χ2v) is 9.64. The Balaban J connectivity index is 0.000000265. The number of nitrogens with zero attached hydrogens (tertiary/aromatic N) is 2. The van der Waals surface area contributed by atoms with Crippen molar-refractivity contribution >= 4 is 34.0 Å². The zero-order valence-corrected chi connectivity index (χ0v) is 24.6. The lowest BCUT2D eigenvalue weighted by Crippen LogP contribution is -2.31. The molecule has 8 heteroatoms. The number of methoxy groups -OCH3 is 2. The van der Waals surface area contributed by atoms with Crippen LogP contribution in [0.2, 0.25) is 0 Å². The lowest BCUT2D eigenvalue weighted by atomic mass is 10.0. The van der Waals surface area contributed by atoms with E-state index in [1.165, 1.54) is 0 Å². The summed E-state index contributed by atoms with van der Waals surface area (Å²) in [6.45, 7) is 12.0. The van der Waals surface area contributed by atoms with E-state index in [0.29, 0.717) is 28.8 Å². The van der Waals surface area contributed by atoms with E-state index >= 15 is 0 Å². The molecule has 0 radical (unpaired) electrons. The predicted octanol–water partition coefficient (Wildman–Crippen LogP) is 6.59. The molecule has 0 atom stereocenters. The Morgan fingerprint density at radius 2 is 1.12 bits per heavy atom. The molecule has 0 spiro atoms. The molecule has 4 rings (SSSR count). The molecule has 4 aromatic carbocycles. The number of hydroxylamine groups is 2. The van der Waals surface area contributed by atoms with Gasteiger partial charge in [0.05, 0.1) is 25.3 Å². The number of ether oxygens (including phenoxy) is 2. The molecule has 0 fully saturated rings. The van der Waals surface area contributed by atoms with Gasteiger partial charge >= 0.3 is 0 Å². The number of hydrogen-bond acceptors (Lipinski definition) is 6. The van der Waals surface area contributed by atoms with E-state index in [1.807, 2.05) is 71.9 Å². The molecule has 0 amide bonds. The van der Waals surface area contributed by atoms with E-state index in [2.05, 4.69) is 0 Å². The van der Waals surface area contributed by atoms with Gasteiger partial charge < -0.3 is 19.7 Å². The molecule has 4 aromatic rings. The quantitative estimate of drug-likeness (QED) is 0.0967. The first-order chi connectivity index (χ1) is 19.0. The van der Waals surface area contributed by atoms with Crippen molar-refractivity contribution in [2.24, 2.45) is 0 Å². The average molecular weight is 551 g/mol. The Labute approximate surface area is 236 Å². The topological polar surface area (TPSA) is 105 Å². The number of phenols is 2. The van der Waals surface area contributed by atoms with Crippen LogP contribution in [-0.4, -0.2) is 68.8 Å². The van der Waals surface area contributed by atoms with Crippen molar-refractivity contribution in [1.82, 2.24) is 0 Å². The van der Waals surface area contributed by atoms with Crippen LogP contribution in [0.4, 0.5) is 0 Å². The van der Waals surface area contributed by atoms with Crippen LogP contribution in [0.5, 0.6) is 23.0 Å². The van der Waals surface area contributed by atoms with Gasteiger partial charge in [-0.25, -0.2) is 0 Å². The van der Waals surface area contributed by atoms with E-state index < -0.39 is 5.54 Å². The number of fused-ring (bicyclic) bond motifs is 2. The molecule has 214 valence electrons. The average Bonchev–Trinajstić information content (AvgIpc) is 2.94. The summed E-state index contributed by atoms with van der Waals surface area (Å²) in [6, 6.07) is 17.8. The third kappa shape index (κ3) is 7.34. The van der Waals surface area contributed by atoms with Crippen LogP contribution < -0.4 is 9.47 Å². The van der Waals surface area contributed by atoms with Crippen molar-refractivity contribution in [3.8, 4) is 23.0 Å². The van der Waals surface area contributed by atoms with E-state index in [-0.39, 0.29) is 11.5 Å². The van der Waals surface area contributed by atoms with Gasteiger partial charge in [0.2, 0.25) is 18.0 Å². The highest BCUT2D eigenvalue weighted by Crippen LogP contribution is 2.34. The van der Waals surface area contributed by atoms with E-state index in [4.69, 9.17) is 9.47 Å². The zero-order valence-electron chi connectivity index (χ0n) is 24.6. The standard InChI is InChI=1S/C16H19NO3.C14H15NO3.C2H6/c1-16(2,3)17(19)10-11-8-9-14(20-4)12-6-5-7-13(18)15(11)12;1-3-15(17)9-10-7-8-13(18-2)11-5-4-6-12(16)14(10)11;1-2/h5-10H,1-4H3,(H-,18,19);4-9H,3H2,1-2H3,(H-,16,17);1-2H3/p+2/b17-10-;15-9-;. The van der Waals surface area contributed by atoms with Crippen molar-refractivity contribution in [3.63, 3.8) is 0 Å². The van der Waals surface area contributed by atoms with Crippen molar-refractivity contribution in [3.05, 3.63) is 71.8 Å². The minimum absolute atomic E-state index is 0.162. The van der Waals surface area contributed by atoms with Crippen LogP contribution in [0.3, 0.4) is 0 Å². The van der Waals surface area contributed by atoms with Crippen molar-refractivity contribution in [1.29, 1.82) is 0 Å². The monoisotopic (exact) mass is 550 g/mol. The highest BCUT2D eigenvalue weighted by molar-refractivity contribution is 6.05. The van der Waals surface area contributed by atoms with Gasteiger partial charge in [0.25, 0.3) is 0 Å². The SMILES string of the molecule is CC.CC/[N+](O)=C/c1ccc(OC)c2cccc(O)c12.COc1ccc(/C=[N+](\O)C(C)(C)C)c2c(O)cccc12. The lowest BCUT2D eigenvalue weighted by molar-refractivity contribution is -0.816. The summed E-state index contributed by atoms with van der Waals surface area (Å²) in [5.41, 5.74) is 1.06.